The van der Waals surface area contributed by atoms with Gasteiger partial charge >= 0.3 is 0 Å². The zero-order valence-corrected chi connectivity index (χ0v) is 11.7. The molecule has 1 atom stereocenters. The Kier molecular flexibility index (Phi) is 4.14. The van der Waals surface area contributed by atoms with E-state index in [1.165, 1.54) is 6.07 Å². The average Bonchev–Trinajstić information content (AvgIpc) is 2.79. The van der Waals surface area contributed by atoms with Crippen LogP contribution in [0.3, 0.4) is 0 Å². The standard InChI is InChI=1S/C13H15BrFN3/c1-2-18-6-5-17-13(18)8-12(16)9-3-4-11(15)10(14)7-9/h3-7,12H,2,8,16H2,1H3. The van der Waals surface area contributed by atoms with Crippen molar-refractivity contribution in [1.29, 1.82) is 0 Å². The molecule has 1 heterocycles. The van der Waals surface area contributed by atoms with Crippen LogP contribution in [-0.4, -0.2) is 9.55 Å². The summed E-state index contributed by atoms with van der Waals surface area (Å²) in [6, 6.07) is 4.67. The van der Waals surface area contributed by atoms with Gasteiger partial charge in [0.15, 0.2) is 0 Å². The molecule has 2 aromatic rings. The highest BCUT2D eigenvalue weighted by molar-refractivity contribution is 9.10. The van der Waals surface area contributed by atoms with Crippen molar-refractivity contribution in [2.75, 3.05) is 0 Å². The van der Waals surface area contributed by atoms with Crippen LogP contribution < -0.4 is 5.73 Å². The lowest BCUT2D eigenvalue weighted by molar-refractivity contribution is 0.610. The van der Waals surface area contributed by atoms with Gasteiger partial charge in [-0.2, -0.15) is 0 Å². The van der Waals surface area contributed by atoms with E-state index in [0.29, 0.717) is 10.9 Å². The predicted molar refractivity (Wildman–Crippen MR) is 72.6 cm³/mol. The SMILES string of the molecule is CCn1ccnc1CC(N)c1ccc(F)c(Br)c1. The van der Waals surface area contributed by atoms with E-state index >= 15 is 0 Å². The largest absolute Gasteiger partial charge is 0.335 e. The van der Waals surface area contributed by atoms with Gasteiger partial charge in [0.05, 0.1) is 4.47 Å². The molecule has 0 radical (unpaired) electrons. The summed E-state index contributed by atoms with van der Waals surface area (Å²) in [5.41, 5.74) is 7.03. The summed E-state index contributed by atoms with van der Waals surface area (Å²) >= 11 is 3.17. The van der Waals surface area contributed by atoms with Crippen LogP contribution >= 0.6 is 15.9 Å². The molecule has 0 aliphatic carbocycles. The van der Waals surface area contributed by atoms with Crippen molar-refractivity contribution in [3.8, 4) is 0 Å². The van der Waals surface area contributed by atoms with Crippen LogP contribution in [0.4, 0.5) is 4.39 Å². The first-order chi connectivity index (χ1) is 8.61. The molecular weight excluding hydrogens is 297 g/mol. The monoisotopic (exact) mass is 311 g/mol. The Bertz CT molecular complexity index is 539. The molecule has 5 heteroatoms. The molecule has 1 unspecified atom stereocenters. The lowest BCUT2D eigenvalue weighted by atomic mass is 10.0. The minimum Gasteiger partial charge on any atom is -0.335 e. The predicted octanol–water partition coefficient (Wildman–Crippen LogP) is 3.05. The van der Waals surface area contributed by atoms with E-state index in [4.69, 9.17) is 5.73 Å². The van der Waals surface area contributed by atoms with Gasteiger partial charge in [0.2, 0.25) is 0 Å². The minimum absolute atomic E-state index is 0.186. The second kappa shape index (κ2) is 5.63. The molecule has 0 saturated heterocycles. The number of aromatic nitrogens is 2. The third-order valence-electron chi connectivity index (χ3n) is 2.92. The van der Waals surface area contributed by atoms with Crippen LogP contribution in [0, 0.1) is 5.82 Å². The van der Waals surface area contributed by atoms with Gasteiger partial charge < -0.3 is 10.3 Å². The molecule has 0 fully saturated rings. The molecule has 0 aliphatic heterocycles. The summed E-state index contributed by atoms with van der Waals surface area (Å²) in [7, 11) is 0. The van der Waals surface area contributed by atoms with Gasteiger partial charge in [-0.1, -0.05) is 6.07 Å². The van der Waals surface area contributed by atoms with Crippen molar-refractivity contribution in [3.05, 3.63) is 52.3 Å². The maximum absolute atomic E-state index is 13.2. The molecule has 1 aromatic heterocycles. The summed E-state index contributed by atoms with van der Waals surface area (Å²) < 4.78 is 15.6. The van der Waals surface area contributed by atoms with E-state index in [1.54, 1.807) is 18.3 Å². The molecule has 3 nitrogen and oxygen atoms in total. The van der Waals surface area contributed by atoms with Gasteiger partial charge in [-0.25, -0.2) is 9.37 Å². The van der Waals surface area contributed by atoms with Crippen molar-refractivity contribution >= 4 is 15.9 Å². The highest BCUT2D eigenvalue weighted by Crippen LogP contribution is 2.22. The molecule has 0 spiro atoms. The Labute approximate surface area is 114 Å². The number of aryl methyl sites for hydroxylation is 1. The summed E-state index contributed by atoms with van der Waals surface area (Å²) in [6.07, 6.45) is 4.34. The van der Waals surface area contributed by atoms with E-state index in [1.807, 2.05) is 6.20 Å². The topological polar surface area (TPSA) is 43.8 Å². The van der Waals surface area contributed by atoms with E-state index in [0.717, 1.165) is 17.9 Å². The van der Waals surface area contributed by atoms with Crippen LogP contribution in [0.15, 0.2) is 35.1 Å². The maximum atomic E-state index is 13.2. The highest BCUT2D eigenvalue weighted by Gasteiger charge is 2.12. The highest BCUT2D eigenvalue weighted by atomic mass is 79.9. The molecule has 0 saturated carbocycles. The third kappa shape index (κ3) is 2.79. The van der Waals surface area contributed by atoms with Gasteiger partial charge in [0, 0.05) is 31.4 Å². The molecule has 96 valence electrons. The van der Waals surface area contributed by atoms with Crippen molar-refractivity contribution < 1.29 is 4.39 Å². The quantitative estimate of drug-likeness (QED) is 0.943. The lowest BCUT2D eigenvalue weighted by Gasteiger charge is -2.13. The number of hydrogen-bond acceptors (Lipinski definition) is 2. The van der Waals surface area contributed by atoms with Crippen molar-refractivity contribution in [2.24, 2.45) is 5.73 Å². The molecule has 0 amide bonds. The molecule has 0 aliphatic rings. The number of nitrogens with zero attached hydrogens (tertiary/aromatic N) is 2. The average molecular weight is 312 g/mol. The number of halogens is 2. The van der Waals surface area contributed by atoms with E-state index < -0.39 is 0 Å². The zero-order valence-electron chi connectivity index (χ0n) is 10.1. The first-order valence-corrected chi connectivity index (χ1v) is 6.61. The Morgan fingerprint density at radius 3 is 2.94 bits per heavy atom. The fourth-order valence-corrected chi connectivity index (χ4v) is 2.27. The van der Waals surface area contributed by atoms with Gasteiger partial charge in [0.1, 0.15) is 11.6 Å². The molecule has 18 heavy (non-hydrogen) atoms. The summed E-state index contributed by atoms with van der Waals surface area (Å²) in [4.78, 5) is 4.29. The van der Waals surface area contributed by atoms with Gasteiger partial charge in [-0.3, -0.25) is 0 Å². The van der Waals surface area contributed by atoms with E-state index in [9.17, 15) is 4.39 Å². The number of nitrogens with two attached hydrogens (primary N) is 1. The van der Waals surface area contributed by atoms with Crippen LogP contribution in [0.1, 0.15) is 24.4 Å². The van der Waals surface area contributed by atoms with E-state index in [2.05, 4.69) is 32.4 Å². The number of benzene rings is 1. The van der Waals surface area contributed by atoms with E-state index in [-0.39, 0.29) is 11.9 Å². The maximum Gasteiger partial charge on any atom is 0.137 e. The molecule has 0 bridgehead atoms. The van der Waals surface area contributed by atoms with Crippen molar-refractivity contribution in [3.63, 3.8) is 0 Å². The molecule has 2 rings (SSSR count). The van der Waals surface area contributed by atoms with Crippen molar-refractivity contribution in [2.45, 2.75) is 25.9 Å². The fraction of sp³-hybridized carbons (Fsp3) is 0.308. The van der Waals surface area contributed by atoms with Crippen molar-refractivity contribution in [1.82, 2.24) is 9.55 Å². The summed E-state index contributed by atoms with van der Waals surface area (Å²) in [5.74, 6) is 0.673. The second-order valence-electron chi connectivity index (χ2n) is 4.11. The van der Waals surface area contributed by atoms with Gasteiger partial charge in [-0.05, 0) is 40.5 Å². The Morgan fingerprint density at radius 1 is 1.50 bits per heavy atom. The minimum atomic E-state index is -0.277. The number of rotatable bonds is 4. The lowest BCUT2D eigenvalue weighted by Crippen LogP contribution is -2.16. The van der Waals surface area contributed by atoms with Crippen LogP contribution in [0.2, 0.25) is 0 Å². The summed E-state index contributed by atoms with van der Waals surface area (Å²) in [6.45, 7) is 2.93. The third-order valence-corrected chi connectivity index (χ3v) is 3.52. The first-order valence-electron chi connectivity index (χ1n) is 5.82. The fourth-order valence-electron chi connectivity index (χ4n) is 1.88. The molecule has 1 aromatic carbocycles. The normalized spacial score (nSPS) is 12.7. The van der Waals surface area contributed by atoms with Crippen LogP contribution in [0.25, 0.3) is 0 Å². The Balaban J connectivity index is 2.16. The van der Waals surface area contributed by atoms with Gasteiger partial charge in [0.25, 0.3) is 0 Å². The number of imidazole rings is 1. The van der Waals surface area contributed by atoms with Crippen LogP contribution in [0.5, 0.6) is 0 Å². The second-order valence-corrected chi connectivity index (χ2v) is 4.97. The smallest absolute Gasteiger partial charge is 0.137 e. The summed E-state index contributed by atoms with van der Waals surface area (Å²) in [5, 5.41) is 0. The number of hydrogen-bond donors (Lipinski definition) is 1. The Morgan fingerprint density at radius 2 is 2.28 bits per heavy atom. The molecule has 2 N–H and O–H groups in total. The van der Waals surface area contributed by atoms with Gasteiger partial charge in [-0.15, -0.1) is 0 Å². The molecular formula is C13H15BrFN3. The zero-order chi connectivity index (χ0) is 13.1. The van der Waals surface area contributed by atoms with Crippen LogP contribution in [-0.2, 0) is 13.0 Å². The Hall–Kier alpha value is -1.20. The first kappa shape index (κ1) is 13.2.